The zero-order chi connectivity index (χ0) is 26.2. The quantitative estimate of drug-likeness (QED) is 0.257. The molecule has 3 unspecified atom stereocenters. The Bertz CT molecular complexity index is 879. The number of nitrogens with one attached hydrogen (secondary N) is 2. The van der Waals surface area contributed by atoms with Crippen molar-refractivity contribution in [3.63, 3.8) is 0 Å². The molecule has 0 aromatic heterocycles. The van der Waals surface area contributed by atoms with Gasteiger partial charge in [0.25, 0.3) is 0 Å². The largest absolute Gasteiger partial charge is 0.479 e. The maximum atomic E-state index is 12.1. The van der Waals surface area contributed by atoms with Gasteiger partial charge in [0.05, 0.1) is 12.5 Å². The van der Waals surface area contributed by atoms with Crippen LogP contribution in [0.5, 0.6) is 0 Å². The molecule has 0 saturated carbocycles. The first-order valence-corrected chi connectivity index (χ1v) is 12.0. The number of aliphatic carboxylic acids is 1. The lowest BCUT2D eigenvalue weighted by Crippen LogP contribution is -2.40. The summed E-state index contributed by atoms with van der Waals surface area (Å²) >= 11 is 0. The molecule has 1 rings (SSSR count). The fourth-order valence-corrected chi connectivity index (χ4v) is 3.01. The Morgan fingerprint density at radius 1 is 1.03 bits per heavy atom. The average molecular weight is 487 g/mol. The molecule has 35 heavy (non-hydrogen) atoms. The molecular weight excluding hydrogens is 448 g/mol. The van der Waals surface area contributed by atoms with Gasteiger partial charge in [0.2, 0.25) is 11.8 Å². The summed E-state index contributed by atoms with van der Waals surface area (Å²) in [7, 11) is 0. The van der Waals surface area contributed by atoms with Gasteiger partial charge in [0, 0.05) is 6.54 Å². The molecule has 3 N–H and O–H groups in total. The summed E-state index contributed by atoms with van der Waals surface area (Å²) in [5.74, 6) is -3.03. The fraction of sp³-hybridized carbons (Fsp3) is 0.481. The van der Waals surface area contributed by atoms with E-state index in [1.54, 1.807) is 6.08 Å². The minimum atomic E-state index is -1.21. The number of carboxylic acid groups (broad SMARTS) is 1. The second-order valence-electron chi connectivity index (χ2n) is 9.04. The Kier molecular flexibility index (Phi) is 13.7. The van der Waals surface area contributed by atoms with E-state index in [0.29, 0.717) is 5.92 Å². The molecule has 0 spiro atoms. The normalized spacial score (nSPS) is 14.0. The number of carbonyl (C=O) groups excluding carboxylic acids is 3. The molecule has 0 fully saturated rings. The van der Waals surface area contributed by atoms with E-state index in [1.807, 2.05) is 44.2 Å². The maximum Gasteiger partial charge on any atom is 0.345 e. The molecule has 3 atom stereocenters. The van der Waals surface area contributed by atoms with Gasteiger partial charge in [-0.2, -0.15) is 0 Å². The Balaban J connectivity index is 2.26. The number of rotatable bonds is 15. The molecule has 0 aliphatic heterocycles. The molecule has 8 heteroatoms. The average Bonchev–Trinajstić information content (AvgIpc) is 2.82. The van der Waals surface area contributed by atoms with Crippen molar-refractivity contribution in [2.45, 2.75) is 53.1 Å². The Morgan fingerprint density at radius 3 is 2.34 bits per heavy atom. The molecule has 0 aliphatic rings. The third kappa shape index (κ3) is 13.8. The number of hydrogen-bond donors (Lipinski definition) is 3. The van der Waals surface area contributed by atoms with Crippen molar-refractivity contribution in [3.8, 4) is 0 Å². The van der Waals surface area contributed by atoms with Crippen LogP contribution in [0.3, 0.4) is 0 Å². The van der Waals surface area contributed by atoms with Gasteiger partial charge in [-0.25, -0.2) is 4.79 Å². The SMILES string of the molecule is CC(C)CC(OC(=O)C(C)CNC(=O)CNC(=O)/C=C/CCC(C)/C=C/c1ccccc1)C(=O)O. The van der Waals surface area contributed by atoms with Crippen molar-refractivity contribution in [1.29, 1.82) is 0 Å². The summed E-state index contributed by atoms with van der Waals surface area (Å²) < 4.78 is 5.05. The third-order valence-corrected chi connectivity index (χ3v) is 5.12. The maximum absolute atomic E-state index is 12.1. The smallest absolute Gasteiger partial charge is 0.345 e. The molecule has 1 aromatic rings. The standard InChI is InChI=1S/C27H38N2O6/c1-19(2)16-23(26(32)33)35-27(34)21(4)17-28-25(31)18-29-24(30)13-9-8-10-20(3)14-15-22-11-6-5-7-12-22/h5-7,9,11-15,19-21,23H,8,10,16-18H2,1-4H3,(H,28,31)(H,29,30)(H,32,33)/b13-9+,15-14+. The van der Waals surface area contributed by atoms with Gasteiger partial charge in [0.15, 0.2) is 6.10 Å². The molecule has 0 aliphatic carbocycles. The number of allylic oxidation sites excluding steroid dienone is 2. The summed E-state index contributed by atoms with van der Waals surface area (Å²) in [6.45, 7) is 7.07. The first-order valence-electron chi connectivity index (χ1n) is 12.0. The van der Waals surface area contributed by atoms with Gasteiger partial charge >= 0.3 is 11.9 Å². The van der Waals surface area contributed by atoms with E-state index >= 15 is 0 Å². The number of carboxylic acids is 1. The molecule has 1 aromatic carbocycles. The molecule has 8 nitrogen and oxygen atoms in total. The fourth-order valence-electron chi connectivity index (χ4n) is 3.01. The van der Waals surface area contributed by atoms with Crippen LogP contribution >= 0.6 is 0 Å². The summed E-state index contributed by atoms with van der Waals surface area (Å²) in [6.07, 6.45) is 8.01. The highest BCUT2D eigenvalue weighted by molar-refractivity contribution is 5.91. The number of benzene rings is 1. The molecule has 2 amide bonds. The summed E-state index contributed by atoms with van der Waals surface area (Å²) in [5.41, 5.74) is 1.15. The van der Waals surface area contributed by atoms with E-state index in [-0.39, 0.29) is 31.3 Å². The second-order valence-corrected chi connectivity index (χ2v) is 9.04. The Morgan fingerprint density at radius 2 is 1.71 bits per heavy atom. The summed E-state index contributed by atoms with van der Waals surface area (Å²) in [5, 5.41) is 14.2. The van der Waals surface area contributed by atoms with E-state index in [0.717, 1.165) is 18.4 Å². The van der Waals surface area contributed by atoms with E-state index < -0.39 is 29.9 Å². The highest BCUT2D eigenvalue weighted by atomic mass is 16.6. The lowest BCUT2D eigenvalue weighted by atomic mass is 10.0. The monoisotopic (exact) mass is 486 g/mol. The van der Waals surface area contributed by atoms with Crippen molar-refractivity contribution >= 4 is 29.8 Å². The van der Waals surface area contributed by atoms with E-state index in [4.69, 9.17) is 9.84 Å². The van der Waals surface area contributed by atoms with Gasteiger partial charge in [0.1, 0.15) is 0 Å². The van der Waals surface area contributed by atoms with E-state index in [1.165, 1.54) is 13.0 Å². The van der Waals surface area contributed by atoms with Gasteiger partial charge in [-0.3, -0.25) is 14.4 Å². The molecule has 192 valence electrons. The van der Waals surface area contributed by atoms with Gasteiger partial charge in [-0.15, -0.1) is 0 Å². The zero-order valence-corrected chi connectivity index (χ0v) is 21.0. The minimum Gasteiger partial charge on any atom is -0.479 e. The van der Waals surface area contributed by atoms with Crippen LogP contribution in [-0.2, 0) is 23.9 Å². The first-order chi connectivity index (χ1) is 16.6. The summed E-state index contributed by atoms with van der Waals surface area (Å²) in [4.78, 5) is 47.2. The number of amides is 2. The minimum absolute atomic E-state index is 0.0220. The molecule has 0 radical (unpaired) electrons. The van der Waals surface area contributed by atoms with Gasteiger partial charge < -0.3 is 20.5 Å². The van der Waals surface area contributed by atoms with Crippen molar-refractivity contribution < 1.29 is 29.0 Å². The van der Waals surface area contributed by atoms with Crippen molar-refractivity contribution in [2.75, 3.05) is 13.1 Å². The lowest BCUT2D eigenvalue weighted by Gasteiger charge is -2.18. The predicted molar refractivity (Wildman–Crippen MR) is 135 cm³/mol. The highest BCUT2D eigenvalue weighted by Crippen LogP contribution is 2.12. The number of hydrogen-bond acceptors (Lipinski definition) is 5. The van der Waals surface area contributed by atoms with Crippen LogP contribution in [0.25, 0.3) is 6.08 Å². The number of ether oxygens (including phenoxy) is 1. The van der Waals surface area contributed by atoms with E-state index in [2.05, 4.69) is 29.7 Å². The Hall–Kier alpha value is -3.42. The topological polar surface area (TPSA) is 122 Å². The molecular formula is C27H38N2O6. The molecule has 0 saturated heterocycles. The van der Waals surface area contributed by atoms with Crippen LogP contribution in [0, 0.1) is 17.8 Å². The Labute approximate surface area is 207 Å². The number of carbonyl (C=O) groups is 4. The van der Waals surface area contributed by atoms with E-state index in [9.17, 15) is 19.2 Å². The van der Waals surface area contributed by atoms with Gasteiger partial charge in [-0.1, -0.05) is 76.3 Å². The van der Waals surface area contributed by atoms with Crippen molar-refractivity contribution in [2.24, 2.45) is 17.8 Å². The molecule has 0 heterocycles. The van der Waals surface area contributed by atoms with Crippen LogP contribution in [0.1, 0.15) is 52.5 Å². The van der Waals surface area contributed by atoms with Crippen LogP contribution < -0.4 is 10.6 Å². The summed E-state index contributed by atoms with van der Waals surface area (Å²) in [6, 6.07) is 10.0. The lowest BCUT2D eigenvalue weighted by molar-refractivity contribution is -0.167. The zero-order valence-electron chi connectivity index (χ0n) is 21.0. The molecule has 0 bridgehead atoms. The van der Waals surface area contributed by atoms with Crippen molar-refractivity contribution in [3.05, 3.63) is 54.1 Å². The van der Waals surface area contributed by atoms with Crippen LogP contribution in [-0.4, -0.2) is 48.1 Å². The third-order valence-electron chi connectivity index (χ3n) is 5.12. The first kappa shape index (κ1) is 29.6. The second kappa shape index (κ2) is 16.2. The van der Waals surface area contributed by atoms with Crippen molar-refractivity contribution in [1.82, 2.24) is 10.6 Å². The van der Waals surface area contributed by atoms with Gasteiger partial charge in [-0.05, 0) is 42.7 Å². The predicted octanol–water partition coefficient (Wildman–Crippen LogP) is 3.58. The van der Waals surface area contributed by atoms with Crippen LogP contribution in [0.4, 0.5) is 0 Å². The van der Waals surface area contributed by atoms with Crippen LogP contribution in [0.2, 0.25) is 0 Å². The van der Waals surface area contributed by atoms with Crippen LogP contribution in [0.15, 0.2) is 48.6 Å². The number of esters is 1. The highest BCUT2D eigenvalue weighted by Gasteiger charge is 2.26.